The van der Waals surface area contributed by atoms with E-state index in [0.29, 0.717) is 17.8 Å². The predicted octanol–water partition coefficient (Wildman–Crippen LogP) is 8.55. The fraction of sp³-hybridized carbons (Fsp3) is 0.200. The van der Waals surface area contributed by atoms with Crippen LogP contribution < -0.4 is 10.6 Å². The molecule has 0 aliphatic carbocycles. The van der Waals surface area contributed by atoms with Crippen LogP contribution in [0, 0.1) is 13.8 Å². The number of nitrogens with zero attached hydrogens (tertiary/aromatic N) is 4. The first-order chi connectivity index (χ1) is 21.2. The van der Waals surface area contributed by atoms with Crippen LogP contribution in [0.1, 0.15) is 37.2 Å². The smallest absolute Gasteiger partial charge is 0.157 e. The van der Waals surface area contributed by atoms with E-state index in [-0.39, 0.29) is 12.4 Å². The topological polar surface area (TPSA) is 101 Å². The monoisotopic (exact) mass is 585 g/mol. The number of H-pyrrole nitrogens is 1. The fourth-order valence-corrected chi connectivity index (χ4v) is 5.59. The molecule has 4 aromatic heterocycles. The van der Waals surface area contributed by atoms with Crippen LogP contribution in [0.15, 0.2) is 85.0 Å². The molecule has 6 aromatic rings. The maximum absolute atomic E-state index is 14.9. The van der Waals surface area contributed by atoms with E-state index < -0.39 is 5.60 Å². The summed E-state index contributed by atoms with van der Waals surface area (Å²) in [6.45, 7) is 7.89. The zero-order chi connectivity index (χ0) is 30.4. The van der Waals surface area contributed by atoms with E-state index in [0.717, 1.165) is 67.3 Å². The van der Waals surface area contributed by atoms with Crippen LogP contribution in [-0.2, 0) is 4.74 Å². The number of aromatic amines is 1. The summed E-state index contributed by atoms with van der Waals surface area (Å²) in [5.41, 5.74) is 9.90. The summed E-state index contributed by atoms with van der Waals surface area (Å²) in [5.74, 6) is 0.466. The number of nitrogens with one attached hydrogen (secondary N) is 3. The quantitative estimate of drug-likeness (QED) is 0.180. The molecule has 7 rings (SSSR count). The van der Waals surface area contributed by atoms with Gasteiger partial charge in [0.15, 0.2) is 5.82 Å². The summed E-state index contributed by atoms with van der Waals surface area (Å²) in [6.07, 6.45) is 4.08. The standard InChI is InChI=1S/C35H32FN7O/c1-20-13-24(11-12-37-20)40-23-6-9-30-33(16-23)43-34(42-30)31-10-7-25(18-38-31)41-32-14-21(2)39-29-8-5-22(15-26(29)32)27-17-35(3,4)44-19-28(27)36/h5-16,18H,17,19H2,1-4H3,(H,37,40)(H,39,41)(H,42,43). The molecule has 0 radical (unpaired) electrons. The Morgan fingerprint density at radius 2 is 1.64 bits per heavy atom. The first kappa shape index (κ1) is 27.7. The Morgan fingerprint density at radius 3 is 2.45 bits per heavy atom. The maximum Gasteiger partial charge on any atom is 0.157 e. The zero-order valence-electron chi connectivity index (χ0n) is 25.0. The maximum atomic E-state index is 14.9. The summed E-state index contributed by atoms with van der Waals surface area (Å²) >= 11 is 0. The lowest BCUT2D eigenvalue weighted by Gasteiger charge is -2.31. The molecule has 3 N–H and O–H groups in total. The minimum Gasteiger partial charge on any atom is -0.368 e. The third kappa shape index (κ3) is 5.61. The van der Waals surface area contributed by atoms with Crippen LogP contribution in [0.3, 0.4) is 0 Å². The van der Waals surface area contributed by atoms with Gasteiger partial charge in [-0.15, -0.1) is 0 Å². The minimum absolute atomic E-state index is 0.00967. The van der Waals surface area contributed by atoms with Crippen LogP contribution in [0.4, 0.5) is 27.1 Å². The predicted molar refractivity (Wildman–Crippen MR) is 174 cm³/mol. The molecular formula is C35H32FN7O. The second kappa shape index (κ2) is 10.8. The highest BCUT2D eigenvalue weighted by Crippen LogP contribution is 2.38. The number of anilines is 4. The number of halogens is 1. The van der Waals surface area contributed by atoms with Gasteiger partial charge in [-0.2, -0.15) is 0 Å². The zero-order valence-corrected chi connectivity index (χ0v) is 25.0. The van der Waals surface area contributed by atoms with Gasteiger partial charge < -0.3 is 20.4 Å². The number of aromatic nitrogens is 5. The van der Waals surface area contributed by atoms with Crippen LogP contribution in [0.5, 0.6) is 0 Å². The van der Waals surface area contributed by atoms with Gasteiger partial charge in [0.25, 0.3) is 0 Å². The highest BCUT2D eigenvalue weighted by atomic mass is 19.1. The van der Waals surface area contributed by atoms with Crippen LogP contribution in [-0.4, -0.2) is 37.1 Å². The Balaban J connectivity index is 1.14. The van der Waals surface area contributed by atoms with Gasteiger partial charge in [-0.05, 0) is 99.5 Å². The van der Waals surface area contributed by atoms with Crippen molar-refractivity contribution in [3.63, 3.8) is 0 Å². The molecule has 0 fully saturated rings. The second-order valence-corrected chi connectivity index (χ2v) is 11.8. The number of aryl methyl sites for hydroxylation is 2. The summed E-state index contributed by atoms with van der Waals surface area (Å²) in [5, 5.41) is 7.83. The number of rotatable bonds is 6. The molecule has 44 heavy (non-hydrogen) atoms. The van der Waals surface area contributed by atoms with Crippen molar-refractivity contribution in [2.75, 3.05) is 17.2 Å². The molecule has 0 saturated heterocycles. The molecule has 0 amide bonds. The lowest BCUT2D eigenvalue weighted by Crippen LogP contribution is -2.29. The summed E-state index contributed by atoms with van der Waals surface area (Å²) < 4.78 is 20.5. The van der Waals surface area contributed by atoms with Crippen molar-refractivity contribution in [1.82, 2.24) is 24.9 Å². The number of pyridine rings is 3. The van der Waals surface area contributed by atoms with E-state index in [1.807, 2.05) is 94.4 Å². The Labute approximate surface area is 254 Å². The van der Waals surface area contributed by atoms with Gasteiger partial charge in [0.2, 0.25) is 0 Å². The number of imidazole rings is 1. The first-order valence-corrected chi connectivity index (χ1v) is 14.6. The van der Waals surface area contributed by atoms with Gasteiger partial charge >= 0.3 is 0 Å². The highest BCUT2D eigenvalue weighted by molar-refractivity contribution is 5.95. The molecule has 0 unspecified atom stereocenters. The number of hydrogen-bond donors (Lipinski definition) is 3. The van der Waals surface area contributed by atoms with Crippen LogP contribution in [0.2, 0.25) is 0 Å². The van der Waals surface area contributed by atoms with Crippen molar-refractivity contribution in [2.45, 2.75) is 39.7 Å². The van der Waals surface area contributed by atoms with Gasteiger partial charge in [0.05, 0.1) is 40.6 Å². The lowest BCUT2D eigenvalue weighted by molar-refractivity contribution is -0.0155. The second-order valence-electron chi connectivity index (χ2n) is 11.8. The summed E-state index contributed by atoms with van der Waals surface area (Å²) in [4.78, 5) is 21.8. The molecule has 0 saturated carbocycles. The molecule has 9 heteroatoms. The Bertz CT molecular complexity index is 2060. The molecule has 0 bridgehead atoms. The molecule has 0 atom stereocenters. The van der Waals surface area contributed by atoms with E-state index in [1.54, 1.807) is 12.4 Å². The molecule has 1 aliphatic rings. The van der Waals surface area contributed by atoms with Crippen molar-refractivity contribution in [2.24, 2.45) is 0 Å². The van der Waals surface area contributed by atoms with Crippen molar-refractivity contribution in [3.8, 4) is 11.5 Å². The van der Waals surface area contributed by atoms with Crippen LogP contribution >= 0.6 is 0 Å². The number of benzene rings is 2. The summed E-state index contributed by atoms with van der Waals surface area (Å²) in [6, 6.07) is 21.8. The van der Waals surface area contributed by atoms with Crippen molar-refractivity contribution in [1.29, 1.82) is 0 Å². The van der Waals surface area contributed by atoms with E-state index in [4.69, 9.17) is 19.7 Å². The average Bonchev–Trinajstić information content (AvgIpc) is 3.42. The molecule has 8 nitrogen and oxygen atoms in total. The average molecular weight is 586 g/mol. The molecule has 220 valence electrons. The third-order valence-corrected chi connectivity index (χ3v) is 7.76. The molecule has 1 aliphatic heterocycles. The SMILES string of the molecule is Cc1cc(Nc2ccc3nc(-c4ccc(Nc5cc(C)nc6ccc(C7=C(F)COC(C)(C)C7)cc56)cn4)[nH]c3c2)ccn1. The van der Waals surface area contributed by atoms with E-state index in [2.05, 4.69) is 20.6 Å². The number of fused-ring (bicyclic) bond motifs is 2. The molecular weight excluding hydrogens is 553 g/mol. The van der Waals surface area contributed by atoms with Crippen molar-refractivity contribution < 1.29 is 9.13 Å². The van der Waals surface area contributed by atoms with Crippen molar-refractivity contribution >= 4 is 50.3 Å². The number of ether oxygens (including phenoxy) is 1. The number of hydrogen-bond acceptors (Lipinski definition) is 7. The highest BCUT2D eigenvalue weighted by Gasteiger charge is 2.29. The van der Waals surface area contributed by atoms with Gasteiger partial charge in [0, 0.05) is 46.5 Å². The van der Waals surface area contributed by atoms with Crippen LogP contribution in [0.25, 0.3) is 39.0 Å². The van der Waals surface area contributed by atoms with Gasteiger partial charge in [0.1, 0.15) is 11.5 Å². The summed E-state index contributed by atoms with van der Waals surface area (Å²) in [7, 11) is 0. The Hall–Kier alpha value is -5.15. The molecule has 0 spiro atoms. The Kier molecular flexibility index (Phi) is 6.82. The normalized spacial score (nSPS) is 14.8. The molecule has 5 heterocycles. The fourth-order valence-electron chi connectivity index (χ4n) is 5.59. The largest absolute Gasteiger partial charge is 0.368 e. The van der Waals surface area contributed by atoms with E-state index >= 15 is 0 Å². The van der Waals surface area contributed by atoms with Gasteiger partial charge in [-0.25, -0.2) is 9.37 Å². The molecule has 2 aromatic carbocycles. The van der Waals surface area contributed by atoms with Gasteiger partial charge in [-0.1, -0.05) is 6.07 Å². The first-order valence-electron chi connectivity index (χ1n) is 14.6. The van der Waals surface area contributed by atoms with E-state index in [1.165, 1.54) is 0 Å². The third-order valence-electron chi connectivity index (χ3n) is 7.76. The van der Waals surface area contributed by atoms with Gasteiger partial charge in [-0.3, -0.25) is 15.0 Å². The minimum atomic E-state index is -0.418. The van der Waals surface area contributed by atoms with Crippen molar-refractivity contribution in [3.05, 3.63) is 102 Å². The van der Waals surface area contributed by atoms with E-state index in [9.17, 15) is 4.39 Å². The lowest BCUT2D eigenvalue weighted by atomic mass is 9.90. The Morgan fingerprint density at radius 1 is 0.818 bits per heavy atom.